The van der Waals surface area contributed by atoms with Crippen molar-refractivity contribution in [1.29, 1.82) is 0 Å². The predicted octanol–water partition coefficient (Wildman–Crippen LogP) is 4.97. The van der Waals surface area contributed by atoms with Gasteiger partial charge in [-0.15, -0.1) is 0 Å². The van der Waals surface area contributed by atoms with Crippen LogP contribution >= 0.6 is 0 Å². The van der Waals surface area contributed by atoms with E-state index in [1.54, 1.807) is 7.11 Å². The molecule has 1 heterocycles. The molecule has 0 saturated heterocycles. The Labute approximate surface area is 157 Å². The van der Waals surface area contributed by atoms with Crippen molar-refractivity contribution in [2.75, 3.05) is 14.2 Å². The molecule has 1 unspecified atom stereocenters. The van der Waals surface area contributed by atoms with Crippen molar-refractivity contribution in [3.05, 3.63) is 83.9 Å². The van der Waals surface area contributed by atoms with Crippen molar-refractivity contribution in [3.8, 4) is 0 Å². The quantitative estimate of drug-likeness (QED) is 0.473. The van der Waals surface area contributed by atoms with E-state index in [1.165, 1.54) is 7.11 Å². The maximum atomic E-state index is 12.0. The van der Waals surface area contributed by atoms with E-state index < -0.39 is 0 Å². The average molecular weight is 359 g/mol. The van der Waals surface area contributed by atoms with Gasteiger partial charge < -0.3 is 14.0 Å². The van der Waals surface area contributed by atoms with Gasteiger partial charge in [-0.1, -0.05) is 54.6 Å². The third-order valence-electron chi connectivity index (χ3n) is 5.00. The van der Waals surface area contributed by atoms with Gasteiger partial charge in [0.2, 0.25) is 0 Å². The van der Waals surface area contributed by atoms with Crippen molar-refractivity contribution >= 4 is 27.8 Å². The van der Waals surface area contributed by atoms with Crippen LogP contribution in [0.15, 0.2) is 72.8 Å². The van der Waals surface area contributed by atoms with Crippen LogP contribution in [0.5, 0.6) is 0 Å². The molecule has 0 amide bonds. The molecule has 0 spiro atoms. The minimum atomic E-state index is -0.333. The fourth-order valence-corrected chi connectivity index (χ4v) is 3.64. The van der Waals surface area contributed by atoms with Gasteiger partial charge in [0.25, 0.3) is 0 Å². The first-order chi connectivity index (χ1) is 13.2. The molecule has 0 aliphatic heterocycles. The maximum absolute atomic E-state index is 12.0. The zero-order chi connectivity index (χ0) is 18.8. The molecule has 1 atom stereocenters. The second kappa shape index (κ2) is 7.25. The SMILES string of the molecule is COC(=O)c1ccc2c3ccccc3n(CC(OC)c3ccccc3)c2c1. The smallest absolute Gasteiger partial charge is 0.337 e. The largest absolute Gasteiger partial charge is 0.465 e. The molecular weight excluding hydrogens is 338 g/mol. The van der Waals surface area contributed by atoms with Crippen molar-refractivity contribution in [2.24, 2.45) is 0 Å². The van der Waals surface area contributed by atoms with Crippen LogP contribution in [0, 0.1) is 0 Å². The Hall–Kier alpha value is -3.11. The molecule has 0 fully saturated rings. The molecular formula is C23H21NO3. The summed E-state index contributed by atoms with van der Waals surface area (Å²) in [6, 6.07) is 24.2. The summed E-state index contributed by atoms with van der Waals surface area (Å²) in [4.78, 5) is 12.0. The molecule has 4 heteroatoms. The number of nitrogens with zero attached hydrogens (tertiary/aromatic N) is 1. The summed E-state index contributed by atoms with van der Waals surface area (Å²) in [5.74, 6) is -0.333. The standard InChI is InChI=1S/C23H21NO3/c1-26-22(16-8-4-3-5-9-16)15-24-20-11-7-6-10-18(20)19-13-12-17(14-21(19)24)23(25)27-2/h3-14,22H,15H2,1-2H3. The minimum Gasteiger partial charge on any atom is -0.465 e. The molecule has 0 aliphatic rings. The van der Waals surface area contributed by atoms with E-state index in [-0.39, 0.29) is 12.1 Å². The number of rotatable bonds is 5. The lowest BCUT2D eigenvalue weighted by Gasteiger charge is -2.18. The lowest BCUT2D eigenvalue weighted by molar-refractivity contribution is 0.0601. The Bertz CT molecular complexity index is 1100. The first-order valence-corrected chi connectivity index (χ1v) is 8.90. The predicted molar refractivity (Wildman–Crippen MR) is 107 cm³/mol. The van der Waals surface area contributed by atoms with Crippen molar-refractivity contribution in [1.82, 2.24) is 4.57 Å². The lowest BCUT2D eigenvalue weighted by Crippen LogP contribution is -2.11. The van der Waals surface area contributed by atoms with E-state index >= 15 is 0 Å². The maximum Gasteiger partial charge on any atom is 0.337 e. The zero-order valence-corrected chi connectivity index (χ0v) is 15.4. The van der Waals surface area contributed by atoms with E-state index in [1.807, 2.05) is 48.5 Å². The highest BCUT2D eigenvalue weighted by Gasteiger charge is 2.18. The third-order valence-corrected chi connectivity index (χ3v) is 5.00. The Kier molecular flexibility index (Phi) is 4.65. The molecule has 0 bridgehead atoms. The Morgan fingerprint density at radius 3 is 2.33 bits per heavy atom. The third kappa shape index (κ3) is 3.09. The van der Waals surface area contributed by atoms with Crippen LogP contribution in [0.4, 0.5) is 0 Å². The van der Waals surface area contributed by atoms with E-state index in [0.717, 1.165) is 27.4 Å². The van der Waals surface area contributed by atoms with Gasteiger partial charge in [-0.2, -0.15) is 0 Å². The molecule has 4 nitrogen and oxygen atoms in total. The van der Waals surface area contributed by atoms with Crippen molar-refractivity contribution in [3.63, 3.8) is 0 Å². The van der Waals surface area contributed by atoms with Gasteiger partial charge in [0.05, 0.1) is 30.8 Å². The van der Waals surface area contributed by atoms with Crippen LogP contribution in [0.3, 0.4) is 0 Å². The Morgan fingerprint density at radius 1 is 0.889 bits per heavy atom. The number of hydrogen-bond acceptors (Lipinski definition) is 3. The van der Waals surface area contributed by atoms with Crippen LogP contribution in [0.1, 0.15) is 22.0 Å². The van der Waals surface area contributed by atoms with Crippen LogP contribution in [0.25, 0.3) is 21.8 Å². The molecule has 27 heavy (non-hydrogen) atoms. The van der Waals surface area contributed by atoms with Gasteiger partial charge in [-0.05, 0) is 23.8 Å². The second-order valence-electron chi connectivity index (χ2n) is 6.49. The van der Waals surface area contributed by atoms with Gasteiger partial charge in [-0.3, -0.25) is 0 Å². The number of methoxy groups -OCH3 is 2. The molecule has 3 aromatic carbocycles. The van der Waals surface area contributed by atoms with E-state index in [2.05, 4.69) is 28.8 Å². The number of benzene rings is 3. The summed E-state index contributed by atoms with van der Waals surface area (Å²) in [5, 5.41) is 2.27. The van der Waals surface area contributed by atoms with Crippen LogP contribution < -0.4 is 0 Å². The van der Waals surface area contributed by atoms with E-state index in [0.29, 0.717) is 12.1 Å². The molecule has 136 valence electrons. The normalized spacial score (nSPS) is 12.4. The summed E-state index contributed by atoms with van der Waals surface area (Å²) in [6.07, 6.45) is -0.0908. The highest BCUT2D eigenvalue weighted by atomic mass is 16.5. The number of aromatic nitrogens is 1. The number of esters is 1. The van der Waals surface area contributed by atoms with E-state index in [9.17, 15) is 4.79 Å². The summed E-state index contributed by atoms with van der Waals surface area (Å²) < 4.78 is 12.9. The average Bonchev–Trinajstić information content (AvgIpc) is 3.05. The Balaban J connectivity index is 1.89. The van der Waals surface area contributed by atoms with Crippen molar-refractivity contribution < 1.29 is 14.3 Å². The van der Waals surface area contributed by atoms with Gasteiger partial charge in [0, 0.05) is 23.4 Å². The molecule has 1 aromatic heterocycles. The molecule has 0 N–H and O–H groups in total. The molecule has 4 rings (SSSR count). The van der Waals surface area contributed by atoms with Crippen molar-refractivity contribution in [2.45, 2.75) is 12.6 Å². The first-order valence-electron chi connectivity index (χ1n) is 8.90. The summed E-state index contributed by atoms with van der Waals surface area (Å²) in [7, 11) is 3.13. The summed E-state index contributed by atoms with van der Waals surface area (Å²) in [5.41, 5.74) is 3.78. The van der Waals surface area contributed by atoms with Gasteiger partial charge in [-0.25, -0.2) is 4.79 Å². The first kappa shape index (κ1) is 17.3. The topological polar surface area (TPSA) is 40.5 Å². The molecule has 0 saturated carbocycles. The van der Waals surface area contributed by atoms with Gasteiger partial charge in [0.1, 0.15) is 0 Å². The lowest BCUT2D eigenvalue weighted by atomic mass is 10.1. The fourth-order valence-electron chi connectivity index (χ4n) is 3.64. The Morgan fingerprint density at radius 2 is 1.59 bits per heavy atom. The fraction of sp³-hybridized carbons (Fsp3) is 0.174. The summed E-state index contributed by atoms with van der Waals surface area (Å²) >= 11 is 0. The van der Waals surface area contributed by atoms with Crippen LogP contribution in [-0.4, -0.2) is 24.8 Å². The highest BCUT2D eigenvalue weighted by molar-refractivity contribution is 6.09. The molecule has 0 radical (unpaired) electrons. The molecule has 0 aliphatic carbocycles. The zero-order valence-electron chi connectivity index (χ0n) is 15.4. The number of carbonyl (C=O) groups is 1. The highest BCUT2D eigenvalue weighted by Crippen LogP contribution is 2.32. The number of carbonyl (C=O) groups excluding carboxylic acids is 1. The van der Waals surface area contributed by atoms with E-state index in [4.69, 9.17) is 9.47 Å². The number of hydrogen-bond donors (Lipinski definition) is 0. The number of ether oxygens (including phenoxy) is 2. The monoisotopic (exact) mass is 359 g/mol. The number of fused-ring (bicyclic) bond motifs is 3. The number of para-hydroxylation sites is 1. The van der Waals surface area contributed by atoms with Gasteiger partial charge in [0.15, 0.2) is 0 Å². The molecule has 4 aromatic rings. The second-order valence-corrected chi connectivity index (χ2v) is 6.49. The van der Waals surface area contributed by atoms with Crippen LogP contribution in [-0.2, 0) is 16.0 Å². The van der Waals surface area contributed by atoms with Gasteiger partial charge >= 0.3 is 5.97 Å². The summed E-state index contributed by atoms with van der Waals surface area (Å²) in [6.45, 7) is 0.648. The minimum absolute atomic E-state index is 0.0908. The van der Waals surface area contributed by atoms with Crippen LogP contribution in [0.2, 0.25) is 0 Å².